The van der Waals surface area contributed by atoms with Gasteiger partial charge in [0.05, 0.1) is 13.2 Å². The fourth-order valence-corrected chi connectivity index (χ4v) is 2.85. The molecule has 0 spiro atoms. The van der Waals surface area contributed by atoms with Gasteiger partial charge in [0.25, 0.3) is 0 Å². The van der Waals surface area contributed by atoms with Crippen LogP contribution >= 0.6 is 0 Å². The standard InChI is InChI=1S/C19H20F2N2O3/c20-18(21)26-16-9-5-4-8-15(16)12-22-19(24)23-10-11-25-17(13-23)14-6-2-1-3-7-14/h1-9,17-18H,10-13H2,(H,22,24). The summed E-state index contributed by atoms with van der Waals surface area (Å²) in [4.78, 5) is 14.1. The second-order valence-electron chi connectivity index (χ2n) is 5.86. The Morgan fingerprint density at radius 3 is 2.69 bits per heavy atom. The normalized spacial score (nSPS) is 17.2. The van der Waals surface area contributed by atoms with Gasteiger partial charge in [-0.3, -0.25) is 0 Å². The van der Waals surface area contributed by atoms with E-state index in [4.69, 9.17) is 4.74 Å². The minimum absolute atomic E-state index is 0.0620. The van der Waals surface area contributed by atoms with E-state index in [-0.39, 0.29) is 24.4 Å². The molecule has 0 saturated carbocycles. The van der Waals surface area contributed by atoms with Crippen LogP contribution < -0.4 is 10.1 Å². The first kappa shape index (κ1) is 18.1. The van der Waals surface area contributed by atoms with Gasteiger partial charge in [0.1, 0.15) is 11.9 Å². The van der Waals surface area contributed by atoms with Crippen molar-refractivity contribution in [3.8, 4) is 5.75 Å². The van der Waals surface area contributed by atoms with Crippen LogP contribution in [-0.4, -0.2) is 37.2 Å². The Labute approximate surface area is 150 Å². The third kappa shape index (κ3) is 4.70. The monoisotopic (exact) mass is 362 g/mol. The smallest absolute Gasteiger partial charge is 0.387 e. The molecule has 1 aliphatic heterocycles. The lowest BCUT2D eigenvalue weighted by Gasteiger charge is -2.33. The summed E-state index contributed by atoms with van der Waals surface area (Å²) in [5.74, 6) is 0.0620. The van der Waals surface area contributed by atoms with Crippen LogP contribution in [0.4, 0.5) is 13.6 Å². The molecule has 2 aromatic carbocycles. The van der Waals surface area contributed by atoms with E-state index in [9.17, 15) is 13.6 Å². The lowest BCUT2D eigenvalue weighted by atomic mass is 10.1. The molecule has 2 aromatic rings. The van der Waals surface area contributed by atoms with Crippen molar-refractivity contribution in [3.63, 3.8) is 0 Å². The van der Waals surface area contributed by atoms with Gasteiger partial charge >= 0.3 is 12.6 Å². The number of nitrogens with zero attached hydrogens (tertiary/aromatic N) is 1. The summed E-state index contributed by atoms with van der Waals surface area (Å²) in [6.07, 6.45) is -0.176. The molecule has 138 valence electrons. The van der Waals surface area contributed by atoms with E-state index >= 15 is 0 Å². The Hall–Kier alpha value is -2.67. The Morgan fingerprint density at radius 1 is 1.19 bits per heavy atom. The number of para-hydroxylation sites is 1. The number of carbonyl (C=O) groups excluding carboxylic acids is 1. The van der Waals surface area contributed by atoms with Gasteiger partial charge in [-0.25, -0.2) is 4.79 Å². The quantitative estimate of drug-likeness (QED) is 0.885. The van der Waals surface area contributed by atoms with Gasteiger partial charge in [-0.15, -0.1) is 0 Å². The van der Waals surface area contributed by atoms with E-state index in [2.05, 4.69) is 10.1 Å². The van der Waals surface area contributed by atoms with Crippen LogP contribution in [0.2, 0.25) is 0 Å². The summed E-state index contributed by atoms with van der Waals surface area (Å²) in [7, 11) is 0. The van der Waals surface area contributed by atoms with Crippen molar-refractivity contribution in [1.29, 1.82) is 0 Å². The predicted octanol–water partition coefficient (Wildman–Crippen LogP) is 3.57. The minimum atomic E-state index is -2.90. The van der Waals surface area contributed by atoms with Crippen LogP contribution in [0.1, 0.15) is 17.2 Å². The van der Waals surface area contributed by atoms with Crippen molar-refractivity contribution in [2.24, 2.45) is 0 Å². The van der Waals surface area contributed by atoms with Crippen molar-refractivity contribution in [2.45, 2.75) is 19.3 Å². The molecule has 7 heteroatoms. The highest BCUT2D eigenvalue weighted by atomic mass is 19.3. The van der Waals surface area contributed by atoms with Crippen LogP contribution in [0.3, 0.4) is 0 Å². The molecule has 1 fully saturated rings. The maximum absolute atomic E-state index is 12.5. The number of hydrogen-bond acceptors (Lipinski definition) is 3. The zero-order valence-electron chi connectivity index (χ0n) is 14.1. The summed E-state index contributed by atoms with van der Waals surface area (Å²) in [6.45, 7) is -1.44. The zero-order valence-corrected chi connectivity index (χ0v) is 14.1. The summed E-state index contributed by atoms with van der Waals surface area (Å²) in [5, 5.41) is 2.76. The zero-order chi connectivity index (χ0) is 18.4. The fraction of sp³-hybridized carbons (Fsp3) is 0.316. The molecule has 0 aliphatic carbocycles. The molecular weight excluding hydrogens is 342 g/mol. The van der Waals surface area contributed by atoms with Crippen LogP contribution in [0.25, 0.3) is 0 Å². The van der Waals surface area contributed by atoms with Crippen molar-refractivity contribution in [3.05, 3.63) is 65.7 Å². The highest BCUT2D eigenvalue weighted by Crippen LogP contribution is 2.23. The third-order valence-corrected chi connectivity index (χ3v) is 4.14. The number of amides is 2. The van der Waals surface area contributed by atoms with Crippen molar-refractivity contribution in [2.75, 3.05) is 19.7 Å². The van der Waals surface area contributed by atoms with Crippen LogP contribution in [0.15, 0.2) is 54.6 Å². The van der Waals surface area contributed by atoms with E-state index in [1.807, 2.05) is 30.3 Å². The highest BCUT2D eigenvalue weighted by Gasteiger charge is 2.25. The Balaban J connectivity index is 1.58. The number of urea groups is 1. The lowest BCUT2D eigenvalue weighted by molar-refractivity contribution is -0.0504. The summed E-state index contributed by atoms with van der Waals surface area (Å²) >= 11 is 0. The van der Waals surface area contributed by atoms with E-state index < -0.39 is 6.61 Å². The van der Waals surface area contributed by atoms with E-state index in [0.29, 0.717) is 25.3 Å². The summed E-state index contributed by atoms with van der Waals surface area (Å²) in [5.41, 5.74) is 1.51. The largest absolute Gasteiger partial charge is 0.434 e. The maximum atomic E-state index is 12.5. The number of alkyl halides is 2. The molecule has 0 radical (unpaired) electrons. The number of hydrogen-bond donors (Lipinski definition) is 1. The number of carbonyl (C=O) groups is 1. The SMILES string of the molecule is O=C(NCc1ccccc1OC(F)F)N1CCOC(c2ccccc2)C1. The number of morpholine rings is 1. The van der Waals surface area contributed by atoms with Crippen molar-refractivity contribution >= 4 is 6.03 Å². The Bertz CT molecular complexity index is 728. The maximum Gasteiger partial charge on any atom is 0.387 e. The Kier molecular flexibility index (Phi) is 6.01. The molecular formula is C19H20F2N2O3. The average molecular weight is 362 g/mol. The molecule has 2 amide bonds. The first-order valence-electron chi connectivity index (χ1n) is 8.35. The number of halogens is 2. The Morgan fingerprint density at radius 2 is 1.92 bits per heavy atom. The molecule has 1 heterocycles. The van der Waals surface area contributed by atoms with Gasteiger partial charge < -0.3 is 19.7 Å². The molecule has 1 atom stereocenters. The lowest BCUT2D eigenvalue weighted by Crippen LogP contribution is -2.47. The third-order valence-electron chi connectivity index (χ3n) is 4.14. The van der Waals surface area contributed by atoms with E-state index in [0.717, 1.165) is 5.56 Å². The number of nitrogens with one attached hydrogen (secondary N) is 1. The molecule has 1 N–H and O–H groups in total. The minimum Gasteiger partial charge on any atom is -0.434 e. The molecule has 1 unspecified atom stereocenters. The van der Waals surface area contributed by atoms with Gasteiger partial charge in [-0.2, -0.15) is 8.78 Å². The summed E-state index contributed by atoms with van der Waals surface area (Å²) < 4.78 is 35.2. The van der Waals surface area contributed by atoms with Gasteiger partial charge in [-0.05, 0) is 11.6 Å². The van der Waals surface area contributed by atoms with Gasteiger partial charge in [0.2, 0.25) is 0 Å². The van der Waals surface area contributed by atoms with Crippen LogP contribution in [-0.2, 0) is 11.3 Å². The van der Waals surface area contributed by atoms with Crippen molar-refractivity contribution in [1.82, 2.24) is 10.2 Å². The van der Waals surface area contributed by atoms with Crippen LogP contribution in [0, 0.1) is 0 Å². The molecule has 3 rings (SSSR count). The molecule has 1 aliphatic rings. The van der Waals surface area contributed by atoms with Gasteiger partial charge in [0, 0.05) is 18.7 Å². The number of ether oxygens (including phenoxy) is 2. The van der Waals surface area contributed by atoms with Crippen molar-refractivity contribution < 1.29 is 23.0 Å². The second-order valence-corrected chi connectivity index (χ2v) is 5.86. The average Bonchev–Trinajstić information content (AvgIpc) is 2.67. The van der Waals surface area contributed by atoms with Gasteiger partial charge in [0.15, 0.2) is 0 Å². The van der Waals surface area contributed by atoms with Gasteiger partial charge in [-0.1, -0.05) is 48.5 Å². The molecule has 0 bridgehead atoms. The molecule has 1 saturated heterocycles. The van der Waals surface area contributed by atoms with E-state index in [1.54, 1.807) is 23.1 Å². The molecule has 26 heavy (non-hydrogen) atoms. The van der Waals surface area contributed by atoms with E-state index in [1.165, 1.54) is 6.07 Å². The predicted molar refractivity (Wildman–Crippen MR) is 92.0 cm³/mol. The molecule has 0 aromatic heterocycles. The summed E-state index contributed by atoms with van der Waals surface area (Å²) in [6, 6.07) is 15.9. The first-order valence-corrected chi connectivity index (χ1v) is 8.35. The number of benzene rings is 2. The topological polar surface area (TPSA) is 50.8 Å². The first-order chi connectivity index (χ1) is 12.6. The van der Waals surface area contributed by atoms with Crippen LogP contribution in [0.5, 0.6) is 5.75 Å². The highest BCUT2D eigenvalue weighted by molar-refractivity contribution is 5.74. The number of rotatable bonds is 5. The second kappa shape index (κ2) is 8.62. The molecule has 5 nitrogen and oxygen atoms in total. The fourth-order valence-electron chi connectivity index (χ4n) is 2.85.